The van der Waals surface area contributed by atoms with Crippen molar-refractivity contribution in [3.8, 4) is 11.5 Å². The number of hydrogen-bond donors (Lipinski definition) is 3. The first kappa shape index (κ1) is 19.8. The zero-order valence-electron chi connectivity index (χ0n) is 17.1. The molecule has 0 aromatic heterocycles. The lowest BCUT2D eigenvalue weighted by atomic mass is 9.75. The van der Waals surface area contributed by atoms with Crippen LogP contribution in [0.25, 0.3) is 0 Å². The molecular formula is C23H24N2O5. The van der Waals surface area contributed by atoms with E-state index in [1.807, 2.05) is 31.2 Å². The van der Waals surface area contributed by atoms with Gasteiger partial charge in [-0.2, -0.15) is 0 Å². The van der Waals surface area contributed by atoms with Crippen molar-refractivity contribution in [2.24, 2.45) is 11.8 Å². The zero-order valence-corrected chi connectivity index (χ0v) is 17.1. The maximum Gasteiger partial charge on any atom is 0.316 e. The average molecular weight is 408 g/mol. The first-order valence-corrected chi connectivity index (χ1v) is 9.79. The number of para-hydroxylation sites is 2. The number of allylic oxidation sites excluding steroid dienone is 1. The Labute approximate surface area is 174 Å². The fourth-order valence-corrected chi connectivity index (χ4v) is 4.26. The highest BCUT2D eigenvalue weighted by atomic mass is 16.5. The maximum absolute atomic E-state index is 13.6. The minimum absolute atomic E-state index is 0.0126. The van der Waals surface area contributed by atoms with E-state index in [1.165, 1.54) is 20.3 Å². The van der Waals surface area contributed by atoms with Gasteiger partial charge in [0.05, 0.1) is 31.6 Å². The van der Waals surface area contributed by atoms with Crippen molar-refractivity contribution in [1.82, 2.24) is 0 Å². The molecule has 3 atom stereocenters. The molecule has 0 amide bonds. The van der Waals surface area contributed by atoms with Crippen LogP contribution in [0.3, 0.4) is 0 Å². The molecule has 0 bridgehead atoms. The molecule has 2 aliphatic rings. The highest BCUT2D eigenvalue weighted by Gasteiger charge is 2.44. The van der Waals surface area contributed by atoms with Gasteiger partial charge in [-0.05, 0) is 42.2 Å². The number of phenols is 1. The predicted octanol–water partition coefficient (Wildman–Crippen LogP) is 3.63. The van der Waals surface area contributed by atoms with Crippen molar-refractivity contribution in [3.63, 3.8) is 0 Å². The number of rotatable bonds is 3. The molecule has 0 saturated carbocycles. The molecule has 0 saturated heterocycles. The summed E-state index contributed by atoms with van der Waals surface area (Å²) in [6, 6.07) is 12.1. The molecule has 7 nitrogen and oxygen atoms in total. The van der Waals surface area contributed by atoms with Gasteiger partial charge in [-0.3, -0.25) is 9.59 Å². The van der Waals surface area contributed by atoms with E-state index in [9.17, 15) is 14.7 Å². The summed E-state index contributed by atoms with van der Waals surface area (Å²) in [5, 5.41) is 16.9. The molecule has 0 fully saturated rings. The van der Waals surface area contributed by atoms with Crippen molar-refractivity contribution < 1.29 is 24.2 Å². The van der Waals surface area contributed by atoms with Crippen molar-refractivity contribution >= 4 is 23.1 Å². The fourth-order valence-electron chi connectivity index (χ4n) is 4.26. The Morgan fingerprint density at radius 1 is 1.13 bits per heavy atom. The van der Waals surface area contributed by atoms with Crippen molar-refractivity contribution in [1.29, 1.82) is 0 Å². The molecule has 3 N–H and O–H groups in total. The van der Waals surface area contributed by atoms with Gasteiger partial charge in [0, 0.05) is 11.3 Å². The first-order valence-electron chi connectivity index (χ1n) is 9.79. The smallest absolute Gasteiger partial charge is 0.316 e. The van der Waals surface area contributed by atoms with Gasteiger partial charge in [-0.25, -0.2) is 0 Å². The van der Waals surface area contributed by atoms with E-state index in [-0.39, 0.29) is 17.5 Å². The van der Waals surface area contributed by atoms with E-state index >= 15 is 0 Å². The second-order valence-electron chi connectivity index (χ2n) is 7.62. The first-order chi connectivity index (χ1) is 14.4. The highest BCUT2D eigenvalue weighted by Crippen LogP contribution is 2.44. The van der Waals surface area contributed by atoms with Gasteiger partial charge in [0.1, 0.15) is 5.92 Å². The van der Waals surface area contributed by atoms with Crippen LogP contribution in [0.1, 0.15) is 24.9 Å². The molecule has 0 spiro atoms. The lowest BCUT2D eigenvalue weighted by molar-refractivity contribution is -0.151. The van der Waals surface area contributed by atoms with Crippen molar-refractivity contribution in [2.45, 2.75) is 19.4 Å². The molecule has 1 aliphatic carbocycles. The van der Waals surface area contributed by atoms with Gasteiger partial charge in [-0.15, -0.1) is 0 Å². The number of Topliss-reactive ketones (excluding diaryl/α,β-unsaturated/α-hetero) is 1. The van der Waals surface area contributed by atoms with E-state index in [1.54, 1.807) is 12.1 Å². The number of ether oxygens (including phenoxy) is 2. The SMILES string of the molecule is COC(=O)[C@H]1C(=O)C2=C(C[C@@H]1C)Nc1ccccc1N[C@@H]2c1ccc(O)c(OC)c1. The van der Waals surface area contributed by atoms with E-state index in [0.717, 1.165) is 22.6 Å². The summed E-state index contributed by atoms with van der Waals surface area (Å²) in [7, 11) is 2.77. The van der Waals surface area contributed by atoms with Gasteiger partial charge < -0.3 is 25.2 Å². The summed E-state index contributed by atoms with van der Waals surface area (Å²) in [5.41, 5.74) is 3.70. The van der Waals surface area contributed by atoms with Crippen molar-refractivity contribution in [3.05, 3.63) is 59.3 Å². The Morgan fingerprint density at radius 3 is 2.57 bits per heavy atom. The number of fused-ring (bicyclic) bond motifs is 1. The fraction of sp³-hybridized carbons (Fsp3) is 0.304. The molecule has 156 valence electrons. The molecule has 30 heavy (non-hydrogen) atoms. The third-order valence-electron chi connectivity index (χ3n) is 5.76. The van der Waals surface area contributed by atoms with Gasteiger partial charge in [0.15, 0.2) is 17.3 Å². The Balaban J connectivity index is 1.89. The largest absolute Gasteiger partial charge is 0.504 e. The minimum Gasteiger partial charge on any atom is -0.504 e. The van der Waals surface area contributed by atoms with Crippen LogP contribution in [0.4, 0.5) is 11.4 Å². The maximum atomic E-state index is 13.6. The van der Waals surface area contributed by atoms with E-state index in [2.05, 4.69) is 10.6 Å². The average Bonchev–Trinajstić information content (AvgIpc) is 2.90. The number of esters is 1. The normalized spacial score (nSPS) is 22.8. The Kier molecular flexibility index (Phi) is 5.11. The highest BCUT2D eigenvalue weighted by molar-refractivity contribution is 6.11. The molecule has 2 aromatic carbocycles. The topological polar surface area (TPSA) is 96.9 Å². The van der Waals surface area contributed by atoms with Gasteiger partial charge >= 0.3 is 5.97 Å². The number of carbonyl (C=O) groups is 2. The van der Waals surface area contributed by atoms with Crippen LogP contribution in [-0.2, 0) is 14.3 Å². The van der Waals surface area contributed by atoms with Crippen LogP contribution in [-0.4, -0.2) is 31.1 Å². The quantitative estimate of drug-likeness (QED) is 0.527. The van der Waals surface area contributed by atoms with Gasteiger partial charge in [-0.1, -0.05) is 25.1 Å². The zero-order chi connectivity index (χ0) is 21.4. The summed E-state index contributed by atoms with van der Waals surface area (Å²) >= 11 is 0. The van der Waals surface area contributed by atoms with Gasteiger partial charge in [0.2, 0.25) is 0 Å². The number of phenolic OH excluding ortho intramolecular Hbond substituents is 1. The molecule has 2 aromatic rings. The molecule has 0 radical (unpaired) electrons. The number of hydrogen-bond acceptors (Lipinski definition) is 7. The summed E-state index contributed by atoms with van der Waals surface area (Å²) in [6.45, 7) is 1.88. The van der Waals surface area contributed by atoms with E-state index < -0.39 is 17.9 Å². The molecule has 0 unspecified atom stereocenters. The summed E-state index contributed by atoms with van der Waals surface area (Å²) in [4.78, 5) is 26.0. The molecule has 1 heterocycles. The van der Waals surface area contributed by atoms with Crippen molar-refractivity contribution in [2.75, 3.05) is 24.9 Å². The van der Waals surface area contributed by atoms with E-state index in [4.69, 9.17) is 9.47 Å². The number of ketones is 1. The third-order valence-corrected chi connectivity index (χ3v) is 5.76. The molecule has 4 rings (SSSR count). The Hall–Kier alpha value is -3.48. The van der Waals surface area contributed by atoms with Crippen LogP contribution in [0.15, 0.2) is 53.7 Å². The summed E-state index contributed by atoms with van der Waals surface area (Å²) in [5.74, 6) is -1.53. The van der Waals surface area contributed by atoms with Crippen LogP contribution in [0.2, 0.25) is 0 Å². The third kappa shape index (κ3) is 3.26. The molecular weight excluding hydrogens is 384 g/mol. The lowest BCUT2D eigenvalue weighted by Crippen LogP contribution is -2.39. The van der Waals surface area contributed by atoms with Crippen LogP contribution in [0, 0.1) is 11.8 Å². The molecule has 1 aliphatic heterocycles. The predicted molar refractivity (Wildman–Crippen MR) is 112 cm³/mol. The number of nitrogens with one attached hydrogen (secondary N) is 2. The van der Waals surface area contributed by atoms with E-state index in [0.29, 0.717) is 17.7 Å². The second-order valence-corrected chi connectivity index (χ2v) is 7.62. The molecule has 7 heteroatoms. The van der Waals surface area contributed by atoms with Crippen LogP contribution >= 0.6 is 0 Å². The number of methoxy groups -OCH3 is 2. The Bertz CT molecular complexity index is 1050. The lowest BCUT2D eigenvalue weighted by Gasteiger charge is -2.32. The summed E-state index contributed by atoms with van der Waals surface area (Å²) < 4.78 is 10.2. The Morgan fingerprint density at radius 2 is 1.87 bits per heavy atom. The number of anilines is 2. The van der Waals surface area contributed by atoms with Crippen LogP contribution in [0.5, 0.6) is 11.5 Å². The number of benzene rings is 2. The monoisotopic (exact) mass is 408 g/mol. The second kappa shape index (κ2) is 7.74. The standard InChI is InChI=1S/C23H24N2O5/c1-12-10-16-20(22(27)19(12)23(28)30-3)21(13-8-9-17(26)18(11-13)29-2)25-15-7-5-4-6-14(15)24-16/h4-9,11-12,19,21,24-26H,10H2,1-3H3/t12-,19+,21+/m0/s1. The number of aromatic hydroxyl groups is 1. The summed E-state index contributed by atoms with van der Waals surface area (Å²) in [6.07, 6.45) is 0.530. The number of carbonyl (C=O) groups excluding carboxylic acids is 2. The van der Waals surface area contributed by atoms with Gasteiger partial charge in [0.25, 0.3) is 0 Å². The minimum atomic E-state index is -0.861. The van der Waals surface area contributed by atoms with Crippen LogP contribution < -0.4 is 15.4 Å².